The molecule has 0 saturated carbocycles. The van der Waals surface area contributed by atoms with E-state index in [4.69, 9.17) is 0 Å². The number of likely N-dealkylation sites (tertiary alicyclic amines) is 1. The largest absolute Gasteiger partial charge is 0.349 e. The van der Waals surface area contributed by atoms with E-state index in [1.807, 2.05) is 28.2 Å². The van der Waals surface area contributed by atoms with Gasteiger partial charge in [-0.05, 0) is 25.9 Å². The Balaban J connectivity index is 2.32. The molecule has 1 aliphatic rings. The van der Waals surface area contributed by atoms with Gasteiger partial charge in [0.2, 0.25) is 0 Å². The first-order valence-corrected chi connectivity index (χ1v) is 5.72. The predicted molar refractivity (Wildman–Crippen MR) is 65.4 cm³/mol. The van der Waals surface area contributed by atoms with Crippen LogP contribution in [0.2, 0.25) is 0 Å². The van der Waals surface area contributed by atoms with E-state index in [1.165, 1.54) is 25.9 Å². The van der Waals surface area contributed by atoms with Crippen molar-refractivity contribution in [3.05, 3.63) is 0 Å². The van der Waals surface area contributed by atoms with Crippen LogP contribution in [-0.2, 0) is 0 Å². The van der Waals surface area contributed by atoms with E-state index in [-0.39, 0.29) is 0 Å². The molecule has 0 bridgehead atoms. The fourth-order valence-electron chi connectivity index (χ4n) is 1.98. The van der Waals surface area contributed by atoms with Gasteiger partial charge in [0.15, 0.2) is 5.96 Å². The molecule has 1 rings (SSSR count). The van der Waals surface area contributed by atoms with Crippen LogP contribution >= 0.6 is 0 Å². The van der Waals surface area contributed by atoms with Crippen LogP contribution in [0.3, 0.4) is 0 Å². The molecule has 1 fully saturated rings. The molecule has 0 aliphatic carbocycles. The van der Waals surface area contributed by atoms with Crippen molar-refractivity contribution in [2.75, 3.05) is 54.4 Å². The lowest BCUT2D eigenvalue weighted by Crippen LogP contribution is -2.36. The molecular formula is C11H24N4. The summed E-state index contributed by atoms with van der Waals surface area (Å²) in [5, 5.41) is 0. The second kappa shape index (κ2) is 5.95. The molecule has 1 saturated heterocycles. The van der Waals surface area contributed by atoms with Gasteiger partial charge in [-0.3, -0.25) is 4.99 Å². The zero-order valence-corrected chi connectivity index (χ0v) is 10.5. The summed E-state index contributed by atoms with van der Waals surface area (Å²) in [7, 11) is 8.15. The topological polar surface area (TPSA) is 22.1 Å². The van der Waals surface area contributed by atoms with E-state index in [0.29, 0.717) is 0 Å². The number of hydrogen-bond donors (Lipinski definition) is 0. The SMILES string of the molecule is CN(C)C(=NCCN1CCCC1)N(C)C. The standard InChI is InChI=1S/C11H24N4/c1-13(2)11(14(3)4)12-7-10-15-8-5-6-9-15/h5-10H2,1-4H3. The Morgan fingerprint density at radius 1 is 1.07 bits per heavy atom. The molecule has 0 unspecified atom stereocenters. The fraction of sp³-hybridized carbons (Fsp3) is 0.909. The summed E-state index contributed by atoms with van der Waals surface area (Å²) in [4.78, 5) is 11.2. The van der Waals surface area contributed by atoms with Crippen molar-refractivity contribution in [2.24, 2.45) is 4.99 Å². The summed E-state index contributed by atoms with van der Waals surface area (Å²) >= 11 is 0. The van der Waals surface area contributed by atoms with Gasteiger partial charge in [0.05, 0.1) is 6.54 Å². The Morgan fingerprint density at radius 3 is 2.07 bits per heavy atom. The first-order chi connectivity index (χ1) is 7.11. The van der Waals surface area contributed by atoms with Crippen LogP contribution in [0.4, 0.5) is 0 Å². The molecule has 0 amide bonds. The van der Waals surface area contributed by atoms with Crippen molar-refractivity contribution in [3.8, 4) is 0 Å². The van der Waals surface area contributed by atoms with Crippen LogP contribution in [0.25, 0.3) is 0 Å². The van der Waals surface area contributed by atoms with Gasteiger partial charge >= 0.3 is 0 Å². The third-order valence-electron chi connectivity index (χ3n) is 2.67. The van der Waals surface area contributed by atoms with Gasteiger partial charge < -0.3 is 14.7 Å². The molecule has 1 heterocycles. The quantitative estimate of drug-likeness (QED) is 0.504. The Bertz CT molecular complexity index is 195. The van der Waals surface area contributed by atoms with Gasteiger partial charge in [0, 0.05) is 34.7 Å². The van der Waals surface area contributed by atoms with Gasteiger partial charge in [-0.2, -0.15) is 0 Å². The van der Waals surface area contributed by atoms with Gasteiger partial charge in [-0.25, -0.2) is 0 Å². The maximum Gasteiger partial charge on any atom is 0.195 e. The summed E-state index contributed by atoms with van der Waals surface area (Å²) < 4.78 is 0. The third-order valence-corrected chi connectivity index (χ3v) is 2.67. The molecule has 0 N–H and O–H groups in total. The van der Waals surface area contributed by atoms with Crippen molar-refractivity contribution in [1.82, 2.24) is 14.7 Å². The average molecular weight is 212 g/mol. The highest BCUT2D eigenvalue weighted by atomic mass is 15.3. The highest BCUT2D eigenvalue weighted by molar-refractivity contribution is 5.79. The van der Waals surface area contributed by atoms with Gasteiger partial charge in [0.25, 0.3) is 0 Å². The van der Waals surface area contributed by atoms with E-state index in [1.54, 1.807) is 0 Å². The second-order valence-corrected chi connectivity index (χ2v) is 4.52. The summed E-state index contributed by atoms with van der Waals surface area (Å²) in [6.45, 7) is 4.53. The highest BCUT2D eigenvalue weighted by Gasteiger charge is 2.10. The Kier molecular flexibility index (Phi) is 4.88. The smallest absolute Gasteiger partial charge is 0.195 e. The number of guanidine groups is 1. The molecule has 0 radical (unpaired) electrons. The molecule has 88 valence electrons. The van der Waals surface area contributed by atoms with Gasteiger partial charge in [-0.1, -0.05) is 0 Å². The van der Waals surface area contributed by atoms with Crippen molar-refractivity contribution >= 4 is 5.96 Å². The molecule has 15 heavy (non-hydrogen) atoms. The molecule has 0 aromatic rings. The lowest BCUT2D eigenvalue weighted by molar-refractivity contribution is 0.347. The molecular weight excluding hydrogens is 188 g/mol. The van der Waals surface area contributed by atoms with Crippen LogP contribution < -0.4 is 0 Å². The predicted octanol–water partition coefficient (Wildman–Crippen LogP) is 0.561. The van der Waals surface area contributed by atoms with E-state index in [2.05, 4.69) is 19.7 Å². The van der Waals surface area contributed by atoms with Crippen LogP contribution in [0, 0.1) is 0 Å². The molecule has 4 heteroatoms. The maximum atomic E-state index is 4.61. The monoisotopic (exact) mass is 212 g/mol. The zero-order valence-electron chi connectivity index (χ0n) is 10.5. The number of nitrogens with zero attached hydrogens (tertiary/aromatic N) is 4. The first kappa shape index (κ1) is 12.3. The maximum absolute atomic E-state index is 4.61. The lowest BCUT2D eigenvalue weighted by Gasteiger charge is -2.23. The lowest BCUT2D eigenvalue weighted by atomic mass is 10.4. The number of hydrogen-bond acceptors (Lipinski definition) is 2. The molecule has 0 aromatic heterocycles. The van der Waals surface area contributed by atoms with E-state index in [0.717, 1.165) is 19.0 Å². The van der Waals surface area contributed by atoms with E-state index >= 15 is 0 Å². The Labute approximate surface area is 93.6 Å². The normalized spacial score (nSPS) is 16.5. The molecule has 4 nitrogen and oxygen atoms in total. The van der Waals surface area contributed by atoms with Crippen molar-refractivity contribution in [3.63, 3.8) is 0 Å². The third kappa shape index (κ3) is 4.08. The average Bonchev–Trinajstić information content (AvgIpc) is 2.63. The van der Waals surface area contributed by atoms with Crippen LogP contribution in [0.15, 0.2) is 4.99 Å². The molecule has 0 atom stereocenters. The van der Waals surface area contributed by atoms with Crippen LogP contribution in [-0.4, -0.2) is 75.0 Å². The zero-order chi connectivity index (χ0) is 11.3. The van der Waals surface area contributed by atoms with Crippen molar-refractivity contribution < 1.29 is 0 Å². The molecule has 0 spiro atoms. The van der Waals surface area contributed by atoms with Gasteiger partial charge in [0.1, 0.15) is 0 Å². The van der Waals surface area contributed by atoms with Crippen LogP contribution in [0.5, 0.6) is 0 Å². The first-order valence-electron chi connectivity index (χ1n) is 5.72. The van der Waals surface area contributed by atoms with Crippen LogP contribution in [0.1, 0.15) is 12.8 Å². The summed E-state index contributed by atoms with van der Waals surface area (Å²) in [5.41, 5.74) is 0. The molecule has 1 aliphatic heterocycles. The second-order valence-electron chi connectivity index (χ2n) is 4.52. The number of aliphatic imine (C=N–C) groups is 1. The highest BCUT2D eigenvalue weighted by Crippen LogP contribution is 2.06. The van der Waals surface area contributed by atoms with Crippen molar-refractivity contribution in [1.29, 1.82) is 0 Å². The van der Waals surface area contributed by atoms with E-state index < -0.39 is 0 Å². The molecule has 0 aromatic carbocycles. The number of rotatable bonds is 3. The van der Waals surface area contributed by atoms with E-state index in [9.17, 15) is 0 Å². The minimum atomic E-state index is 0.908. The summed E-state index contributed by atoms with van der Waals surface area (Å²) in [6, 6.07) is 0. The Hall–Kier alpha value is -0.770. The van der Waals surface area contributed by atoms with Gasteiger partial charge in [-0.15, -0.1) is 0 Å². The Morgan fingerprint density at radius 2 is 1.60 bits per heavy atom. The summed E-state index contributed by atoms with van der Waals surface area (Å²) in [5.74, 6) is 1.05. The minimum absolute atomic E-state index is 0.908. The minimum Gasteiger partial charge on any atom is -0.349 e. The van der Waals surface area contributed by atoms with Crippen molar-refractivity contribution in [2.45, 2.75) is 12.8 Å². The summed E-state index contributed by atoms with van der Waals surface area (Å²) in [6.07, 6.45) is 2.72. The fourth-order valence-corrected chi connectivity index (χ4v) is 1.98.